The van der Waals surface area contributed by atoms with Gasteiger partial charge in [-0.3, -0.25) is 4.79 Å². The van der Waals surface area contributed by atoms with E-state index in [9.17, 15) is 4.79 Å². The molecular weight excluding hydrogens is 390 g/mol. The maximum atomic E-state index is 13.1. The summed E-state index contributed by atoms with van der Waals surface area (Å²) in [5.41, 5.74) is 2.00. The van der Waals surface area contributed by atoms with Gasteiger partial charge in [-0.05, 0) is 37.1 Å². The highest BCUT2D eigenvalue weighted by Crippen LogP contribution is 2.33. The lowest BCUT2D eigenvalue weighted by atomic mass is 10.2. The van der Waals surface area contributed by atoms with Gasteiger partial charge in [0.25, 0.3) is 0 Å². The average molecular weight is 414 g/mol. The summed E-state index contributed by atoms with van der Waals surface area (Å²) in [6.45, 7) is 1.78. The van der Waals surface area contributed by atoms with Gasteiger partial charge in [0.2, 0.25) is 5.91 Å². The van der Waals surface area contributed by atoms with Gasteiger partial charge in [0.1, 0.15) is 10.8 Å². The fourth-order valence-electron chi connectivity index (χ4n) is 4.25. The zero-order valence-corrected chi connectivity index (χ0v) is 17.3. The fourth-order valence-corrected chi connectivity index (χ4v) is 5.78. The Kier molecular flexibility index (Phi) is 4.98. The molecule has 28 heavy (non-hydrogen) atoms. The summed E-state index contributed by atoms with van der Waals surface area (Å²) in [4.78, 5) is 19.8. The number of hydrogen-bond donors (Lipinski definition) is 0. The highest BCUT2D eigenvalue weighted by atomic mass is 32.1. The number of aryl methyl sites for hydroxylation is 1. The second-order valence-electron chi connectivity index (χ2n) is 7.51. The van der Waals surface area contributed by atoms with Crippen LogP contribution in [0.4, 0.5) is 0 Å². The Morgan fingerprint density at radius 2 is 2.11 bits per heavy atom. The molecule has 3 aromatic heterocycles. The first-order valence-electron chi connectivity index (χ1n) is 9.98. The maximum Gasteiger partial charge on any atom is 0.229 e. The average Bonchev–Trinajstić information content (AvgIpc) is 3.47. The monoisotopic (exact) mass is 413 g/mol. The topological polar surface area (TPSA) is 63.9 Å². The van der Waals surface area contributed by atoms with Crippen LogP contribution in [0.2, 0.25) is 0 Å². The van der Waals surface area contributed by atoms with E-state index in [2.05, 4.69) is 36.6 Å². The molecule has 146 valence electrons. The molecule has 3 aromatic rings. The molecule has 0 aromatic carbocycles. The second-order valence-corrected chi connectivity index (χ2v) is 9.15. The van der Waals surface area contributed by atoms with E-state index < -0.39 is 0 Å². The van der Waals surface area contributed by atoms with Crippen LogP contribution >= 0.6 is 22.7 Å². The largest absolute Gasteiger partial charge is 0.332 e. The summed E-state index contributed by atoms with van der Waals surface area (Å²) in [6.07, 6.45) is 6.95. The molecule has 0 bridgehead atoms. The minimum absolute atomic E-state index is 0.0572. The Bertz CT molecular complexity index is 961. The number of thiophene rings is 1. The van der Waals surface area contributed by atoms with E-state index in [4.69, 9.17) is 0 Å². The Balaban J connectivity index is 1.33. The van der Waals surface area contributed by atoms with Gasteiger partial charge in [-0.1, -0.05) is 6.42 Å². The second kappa shape index (κ2) is 7.75. The summed E-state index contributed by atoms with van der Waals surface area (Å²) in [5.74, 6) is 2.22. The molecule has 1 fully saturated rings. The Hall–Kier alpha value is -2.06. The molecule has 1 saturated heterocycles. The smallest absolute Gasteiger partial charge is 0.229 e. The number of amides is 1. The number of thiazole rings is 1. The van der Waals surface area contributed by atoms with Gasteiger partial charge in [0.05, 0.1) is 18.2 Å². The van der Waals surface area contributed by atoms with Gasteiger partial charge in [0.15, 0.2) is 5.82 Å². The van der Waals surface area contributed by atoms with E-state index >= 15 is 0 Å². The van der Waals surface area contributed by atoms with Crippen molar-refractivity contribution >= 4 is 28.6 Å². The standard InChI is InChI=1S/C20H23N5OS2/c26-18(11-15-13-28-20(21-15)14-7-10-27-12-14)24-9-4-5-16(24)19-23-22-17-6-2-1-3-8-25(17)19/h7,10,12-13,16H,1-6,8-9,11H2/t16-/m1/s1. The lowest BCUT2D eigenvalue weighted by molar-refractivity contribution is -0.131. The first-order valence-corrected chi connectivity index (χ1v) is 11.8. The van der Waals surface area contributed by atoms with Crippen LogP contribution in [0.1, 0.15) is 55.5 Å². The molecule has 0 saturated carbocycles. The Morgan fingerprint density at radius 3 is 3.00 bits per heavy atom. The molecule has 6 nitrogen and oxygen atoms in total. The van der Waals surface area contributed by atoms with Gasteiger partial charge >= 0.3 is 0 Å². The van der Waals surface area contributed by atoms with E-state index in [-0.39, 0.29) is 11.9 Å². The van der Waals surface area contributed by atoms with E-state index in [1.54, 1.807) is 22.7 Å². The van der Waals surface area contributed by atoms with Crippen LogP contribution < -0.4 is 0 Å². The third-order valence-corrected chi connectivity index (χ3v) is 7.28. The van der Waals surface area contributed by atoms with Crippen LogP contribution in [-0.4, -0.2) is 37.1 Å². The van der Waals surface area contributed by atoms with Crippen molar-refractivity contribution in [2.75, 3.05) is 6.54 Å². The molecule has 2 aliphatic rings. The predicted octanol–water partition coefficient (Wildman–Crippen LogP) is 4.10. The van der Waals surface area contributed by atoms with Crippen molar-refractivity contribution in [3.63, 3.8) is 0 Å². The van der Waals surface area contributed by atoms with Gasteiger partial charge in [-0.15, -0.1) is 21.5 Å². The maximum absolute atomic E-state index is 13.1. The first-order chi connectivity index (χ1) is 13.8. The van der Waals surface area contributed by atoms with Crippen molar-refractivity contribution in [3.8, 4) is 10.6 Å². The summed E-state index contributed by atoms with van der Waals surface area (Å²) >= 11 is 3.28. The van der Waals surface area contributed by atoms with E-state index in [1.807, 2.05) is 10.3 Å². The number of aromatic nitrogens is 4. The number of nitrogens with zero attached hydrogens (tertiary/aromatic N) is 5. The molecule has 1 atom stereocenters. The Labute approximate surface area is 172 Å². The summed E-state index contributed by atoms with van der Waals surface area (Å²) in [5, 5.41) is 16.1. The number of likely N-dealkylation sites (tertiary alicyclic amines) is 1. The number of hydrogen-bond acceptors (Lipinski definition) is 6. The lowest BCUT2D eigenvalue weighted by Gasteiger charge is -2.24. The third kappa shape index (κ3) is 3.39. The van der Waals surface area contributed by atoms with E-state index in [1.165, 1.54) is 19.3 Å². The van der Waals surface area contributed by atoms with Crippen LogP contribution in [0.5, 0.6) is 0 Å². The van der Waals surface area contributed by atoms with Gasteiger partial charge in [-0.25, -0.2) is 4.98 Å². The molecule has 8 heteroatoms. The number of carbonyl (C=O) groups excluding carboxylic acids is 1. The molecule has 0 N–H and O–H groups in total. The van der Waals surface area contributed by atoms with Gasteiger partial charge in [0, 0.05) is 35.8 Å². The van der Waals surface area contributed by atoms with Gasteiger partial charge in [-0.2, -0.15) is 11.3 Å². The number of carbonyl (C=O) groups is 1. The zero-order chi connectivity index (χ0) is 18.9. The summed E-state index contributed by atoms with van der Waals surface area (Å²) in [6, 6.07) is 2.13. The predicted molar refractivity (Wildman–Crippen MR) is 110 cm³/mol. The SMILES string of the molecule is O=C(Cc1csc(-c2ccsc2)n1)N1CCC[C@@H]1c1nnc2n1CCCCC2. The third-order valence-electron chi connectivity index (χ3n) is 5.66. The van der Waals surface area contributed by atoms with Crippen LogP contribution in [-0.2, 0) is 24.2 Å². The molecule has 0 spiro atoms. The quantitative estimate of drug-likeness (QED) is 0.646. The van der Waals surface area contributed by atoms with Crippen molar-refractivity contribution in [2.24, 2.45) is 0 Å². The van der Waals surface area contributed by atoms with Crippen LogP contribution in [0, 0.1) is 0 Å². The highest BCUT2D eigenvalue weighted by Gasteiger charge is 2.34. The van der Waals surface area contributed by atoms with Crippen molar-refractivity contribution in [2.45, 2.75) is 57.5 Å². The summed E-state index contributed by atoms with van der Waals surface area (Å²) in [7, 11) is 0. The van der Waals surface area contributed by atoms with Crippen LogP contribution in [0.25, 0.3) is 10.6 Å². The minimum atomic E-state index is 0.0572. The van der Waals surface area contributed by atoms with Crippen molar-refractivity contribution in [3.05, 3.63) is 39.5 Å². The fraction of sp³-hybridized carbons (Fsp3) is 0.500. The van der Waals surface area contributed by atoms with Crippen molar-refractivity contribution in [1.29, 1.82) is 0 Å². The molecule has 0 radical (unpaired) electrons. The summed E-state index contributed by atoms with van der Waals surface area (Å²) < 4.78 is 2.28. The van der Waals surface area contributed by atoms with Crippen LogP contribution in [0.3, 0.4) is 0 Å². The molecule has 5 rings (SSSR count). The normalized spacial score (nSPS) is 19.6. The molecule has 2 aliphatic heterocycles. The lowest BCUT2D eigenvalue weighted by Crippen LogP contribution is -2.33. The first kappa shape index (κ1) is 18.0. The highest BCUT2D eigenvalue weighted by molar-refractivity contribution is 7.14. The number of fused-ring (bicyclic) bond motifs is 1. The zero-order valence-electron chi connectivity index (χ0n) is 15.7. The van der Waals surface area contributed by atoms with Crippen molar-refractivity contribution in [1.82, 2.24) is 24.6 Å². The molecule has 1 amide bonds. The van der Waals surface area contributed by atoms with Crippen molar-refractivity contribution < 1.29 is 4.79 Å². The van der Waals surface area contributed by atoms with E-state index in [0.717, 1.165) is 60.3 Å². The minimum Gasteiger partial charge on any atom is -0.332 e. The molecule has 5 heterocycles. The van der Waals surface area contributed by atoms with Crippen LogP contribution in [0.15, 0.2) is 22.2 Å². The number of rotatable bonds is 4. The van der Waals surface area contributed by atoms with Gasteiger partial charge < -0.3 is 9.47 Å². The molecule has 0 unspecified atom stereocenters. The van der Waals surface area contributed by atoms with E-state index in [0.29, 0.717) is 6.42 Å². The molecule has 0 aliphatic carbocycles. The molecular formula is C20H23N5OS2. The Morgan fingerprint density at radius 1 is 1.14 bits per heavy atom.